The number of hydrogen-bond donors (Lipinski definition) is 0. The highest BCUT2D eigenvalue weighted by molar-refractivity contribution is 7.39. The minimum absolute atomic E-state index is 0.126. The molecule has 0 bridgehead atoms. The molecule has 0 saturated heterocycles. The lowest BCUT2D eigenvalue weighted by Gasteiger charge is -2.18. The topological polar surface area (TPSA) is 0 Å². The first kappa shape index (κ1) is 15.7. The van der Waals surface area contributed by atoms with Crippen LogP contribution in [0.1, 0.15) is 41.5 Å². The third-order valence-corrected chi connectivity index (χ3v) is 25.6. The van der Waals surface area contributed by atoms with Crippen LogP contribution >= 0.6 is 0 Å². The molecule has 3 heteroatoms. The minimum Gasteiger partial charge on any atom is -0.0631 e. The Morgan fingerprint density at radius 2 is 1.13 bits per heavy atom. The van der Waals surface area contributed by atoms with E-state index in [0.29, 0.717) is 18.1 Å². The summed E-state index contributed by atoms with van der Waals surface area (Å²) < 4.78 is 0. The van der Waals surface area contributed by atoms with E-state index in [1.165, 1.54) is 0 Å². The fourth-order valence-electron chi connectivity index (χ4n) is 2.18. The molecule has 0 unspecified atom stereocenters. The van der Waals surface area contributed by atoms with Crippen LogP contribution in [0.5, 0.6) is 0 Å². The molecule has 0 heterocycles. The molecule has 0 aromatic carbocycles. The van der Waals surface area contributed by atoms with Gasteiger partial charge in [0.2, 0.25) is 0 Å². The van der Waals surface area contributed by atoms with Crippen LogP contribution in [0, 0.1) is 17.8 Å². The van der Waals surface area contributed by atoms with Gasteiger partial charge in [0.05, 0.1) is 0 Å². The van der Waals surface area contributed by atoms with Crippen LogP contribution in [0.3, 0.4) is 0 Å². The zero-order chi connectivity index (χ0) is 11.8. The van der Waals surface area contributed by atoms with Crippen molar-refractivity contribution in [2.75, 3.05) is 0 Å². The Hall–Kier alpha value is 0.651. The zero-order valence-corrected chi connectivity index (χ0v) is 15.8. The molecule has 0 aliphatic heterocycles. The Morgan fingerprint density at radius 3 is 1.40 bits per heavy atom. The summed E-state index contributed by atoms with van der Waals surface area (Å²) in [7, 11) is 0.659. The van der Waals surface area contributed by atoms with Gasteiger partial charge in [-0.1, -0.05) is 77.4 Å². The molecule has 0 N–H and O–H groups in total. The molecule has 92 valence electrons. The molecule has 0 aliphatic rings. The molecule has 0 aromatic rings. The molecule has 0 atom stereocenters. The molecule has 0 nitrogen and oxygen atoms in total. The summed E-state index contributed by atoms with van der Waals surface area (Å²) in [5.41, 5.74) is 0. The van der Waals surface area contributed by atoms with Crippen molar-refractivity contribution in [3.63, 3.8) is 0 Å². The number of rotatable bonds is 8. The van der Waals surface area contributed by atoms with E-state index in [1.54, 1.807) is 18.1 Å². The van der Waals surface area contributed by atoms with Crippen molar-refractivity contribution in [3.8, 4) is 0 Å². The summed E-state index contributed by atoms with van der Waals surface area (Å²) in [6.45, 7) is 14.5. The lowest BCUT2D eigenvalue weighted by molar-refractivity contribution is 0.722. The van der Waals surface area contributed by atoms with Crippen molar-refractivity contribution >= 4 is 25.9 Å². The van der Waals surface area contributed by atoms with Crippen LogP contribution in [-0.4, -0.2) is 25.9 Å². The van der Waals surface area contributed by atoms with Crippen molar-refractivity contribution in [1.82, 2.24) is 0 Å². The summed E-state index contributed by atoms with van der Waals surface area (Å²) in [4.78, 5) is 0. The molecular weight excluding hydrogens is 228 g/mol. The van der Waals surface area contributed by atoms with Gasteiger partial charge in [-0.2, -0.15) is 0 Å². The van der Waals surface area contributed by atoms with Crippen LogP contribution in [-0.2, 0) is 0 Å². The van der Waals surface area contributed by atoms with Gasteiger partial charge in [-0.15, -0.1) is 0 Å². The van der Waals surface area contributed by atoms with E-state index in [-0.39, 0.29) is 7.83 Å². The Bertz CT molecular complexity index is 132. The zero-order valence-electron chi connectivity index (χ0n) is 11.8. The Balaban J connectivity index is 3.84. The van der Waals surface area contributed by atoms with Gasteiger partial charge in [0, 0.05) is 25.9 Å². The van der Waals surface area contributed by atoms with Gasteiger partial charge < -0.3 is 0 Å². The van der Waals surface area contributed by atoms with Gasteiger partial charge in [0.25, 0.3) is 0 Å². The van der Waals surface area contributed by atoms with Crippen LogP contribution in [0.4, 0.5) is 0 Å². The van der Waals surface area contributed by atoms with E-state index in [1.807, 2.05) is 0 Å². The van der Waals surface area contributed by atoms with E-state index in [9.17, 15) is 0 Å². The average Bonchev–Trinajstić information content (AvgIpc) is 2.08. The molecule has 0 fully saturated rings. The highest BCUT2D eigenvalue weighted by Gasteiger charge is 2.14. The van der Waals surface area contributed by atoms with Crippen molar-refractivity contribution in [1.29, 1.82) is 0 Å². The number of hydrogen-bond acceptors (Lipinski definition) is 0. The second kappa shape index (κ2) is 8.76. The maximum Gasteiger partial charge on any atom is 0.0131 e. The van der Waals surface area contributed by atoms with Crippen molar-refractivity contribution in [3.05, 3.63) is 0 Å². The molecule has 0 aliphatic carbocycles. The Morgan fingerprint density at radius 1 is 0.733 bits per heavy atom. The minimum atomic E-state index is -0.126. The first-order valence-electron chi connectivity index (χ1n) is 6.91. The highest BCUT2D eigenvalue weighted by Crippen LogP contribution is 2.10. The predicted octanol–water partition coefficient (Wildman–Crippen LogP) is 2.35. The molecule has 0 rings (SSSR count). The molecule has 0 amide bonds. The smallest absolute Gasteiger partial charge is 0.0131 e. The fraction of sp³-hybridized carbons (Fsp3) is 1.00. The van der Waals surface area contributed by atoms with Crippen molar-refractivity contribution in [2.24, 2.45) is 17.8 Å². The Kier molecular flexibility index (Phi) is 9.14. The monoisotopic (exact) mass is 260 g/mol. The van der Waals surface area contributed by atoms with Gasteiger partial charge in [0.15, 0.2) is 0 Å². The maximum absolute atomic E-state index is 2.44. The molecule has 0 saturated carbocycles. The largest absolute Gasteiger partial charge is 0.0631 e. The van der Waals surface area contributed by atoms with Crippen LogP contribution in [0.2, 0.25) is 18.1 Å². The standard InChI is InChI=1S/C12H32Si3/c1-10(2)7-13-15(9-12(5)6)14-8-11(3)4/h10-12,15H,7-9,13-14H2,1-6H3. The van der Waals surface area contributed by atoms with Gasteiger partial charge >= 0.3 is 0 Å². The Labute approximate surface area is 103 Å². The van der Waals surface area contributed by atoms with E-state index in [0.717, 1.165) is 17.8 Å². The summed E-state index contributed by atoms with van der Waals surface area (Å²) >= 11 is 0. The lowest BCUT2D eigenvalue weighted by atomic mass is 10.3. The lowest BCUT2D eigenvalue weighted by Crippen LogP contribution is -2.33. The normalized spacial score (nSPS) is 15.8. The third kappa shape index (κ3) is 10.9. The van der Waals surface area contributed by atoms with Crippen molar-refractivity contribution in [2.45, 2.75) is 59.7 Å². The highest BCUT2D eigenvalue weighted by atomic mass is 29.6. The summed E-state index contributed by atoms with van der Waals surface area (Å²) in [5, 5.41) is 0. The third-order valence-electron chi connectivity index (χ3n) is 3.11. The van der Waals surface area contributed by atoms with E-state index < -0.39 is 0 Å². The van der Waals surface area contributed by atoms with Gasteiger partial charge in [0.1, 0.15) is 0 Å². The average molecular weight is 261 g/mol. The predicted molar refractivity (Wildman–Crippen MR) is 83.2 cm³/mol. The van der Waals surface area contributed by atoms with Gasteiger partial charge in [-0.3, -0.25) is 0 Å². The first-order valence-corrected chi connectivity index (χ1v) is 16.3. The summed E-state index contributed by atoms with van der Waals surface area (Å²) in [6.07, 6.45) is 0. The van der Waals surface area contributed by atoms with Crippen molar-refractivity contribution < 1.29 is 0 Å². The second-order valence-corrected chi connectivity index (χ2v) is 24.8. The quantitative estimate of drug-likeness (QED) is 0.588. The molecule has 0 spiro atoms. The molecule has 15 heavy (non-hydrogen) atoms. The maximum atomic E-state index is 2.44. The van der Waals surface area contributed by atoms with Crippen LogP contribution < -0.4 is 0 Å². The SMILES string of the molecule is CC(C)C[SiH2][SiH](CC(C)C)[SiH2]CC(C)C. The summed E-state index contributed by atoms with van der Waals surface area (Å²) in [6, 6.07) is 4.99. The first-order chi connectivity index (χ1) is 6.91. The fourth-order valence-corrected chi connectivity index (χ4v) is 26.5. The summed E-state index contributed by atoms with van der Waals surface area (Å²) in [5.74, 6) is 2.99. The van der Waals surface area contributed by atoms with Gasteiger partial charge in [-0.05, 0) is 0 Å². The van der Waals surface area contributed by atoms with E-state index in [4.69, 9.17) is 0 Å². The van der Waals surface area contributed by atoms with Gasteiger partial charge in [-0.25, -0.2) is 0 Å². The molecular formula is C12H32Si3. The van der Waals surface area contributed by atoms with Crippen LogP contribution in [0.25, 0.3) is 0 Å². The van der Waals surface area contributed by atoms with E-state index in [2.05, 4.69) is 41.5 Å². The van der Waals surface area contributed by atoms with Crippen LogP contribution in [0.15, 0.2) is 0 Å². The van der Waals surface area contributed by atoms with E-state index >= 15 is 0 Å². The molecule has 0 aromatic heterocycles. The second-order valence-electron chi connectivity index (χ2n) is 6.44. The molecule has 0 radical (unpaired) electrons.